The molecule has 4 aromatic rings. The molecule has 0 aliphatic rings. The van der Waals surface area contributed by atoms with Crippen molar-refractivity contribution in [2.24, 2.45) is 0 Å². The molecule has 0 saturated carbocycles. The lowest BCUT2D eigenvalue weighted by Crippen LogP contribution is -2.46. The van der Waals surface area contributed by atoms with Crippen molar-refractivity contribution in [3.05, 3.63) is 128 Å². The summed E-state index contributed by atoms with van der Waals surface area (Å²) in [6.45, 7) is 2.19. The smallest absolute Gasteiger partial charge is 0.346 e. The summed E-state index contributed by atoms with van der Waals surface area (Å²) in [5, 5.41) is 6.86. The number of amides is 1. The molecule has 0 atom stereocenters. The first kappa shape index (κ1) is 21.0. The molecule has 0 bridgehead atoms. The summed E-state index contributed by atoms with van der Waals surface area (Å²) in [4.78, 5) is 39.3. The van der Waals surface area contributed by atoms with Gasteiger partial charge in [0.2, 0.25) is 5.69 Å². The molecule has 1 heterocycles. The van der Waals surface area contributed by atoms with Crippen LogP contribution >= 0.6 is 0 Å². The van der Waals surface area contributed by atoms with E-state index < -0.39 is 17.2 Å². The second-order valence-corrected chi connectivity index (χ2v) is 7.36. The molecule has 7 nitrogen and oxygen atoms in total. The van der Waals surface area contributed by atoms with Gasteiger partial charge in [0.05, 0.1) is 12.2 Å². The molecule has 0 saturated heterocycles. The number of aromatic nitrogens is 3. The van der Waals surface area contributed by atoms with Gasteiger partial charge < -0.3 is 5.32 Å². The SMILES string of the molecule is Cc1ccccc1Cn1c(=O)c(C(=O)NCc2ccccc2)nn(-c2ccccc2)c1=O. The number of benzene rings is 3. The molecule has 0 spiro atoms. The average molecular weight is 426 g/mol. The fourth-order valence-corrected chi connectivity index (χ4v) is 3.35. The van der Waals surface area contributed by atoms with E-state index in [1.807, 2.05) is 67.6 Å². The summed E-state index contributed by atoms with van der Waals surface area (Å²) < 4.78 is 2.15. The Balaban J connectivity index is 1.78. The first-order chi connectivity index (χ1) is 15.5. The first-order valence-corrected chi connectivity index (χ1v) is 10.2. The zero-order valence-electron chi connectivity index (χ0n) is 17.6. The number of carbonyl (C=O) groups excluding carboxylic acids is 1. The number of carbonyl (C=O) groups is 1. The summed E-state index contributed by atoms with van der Waals surface area (Å²) in [5.74, 6) is -0.637. The molecule has 32 heavy (non-hydrogen) atoms. The number of hydrogen-bond acceptors (Lipinski definition) is 4. The molecule has 160 valence electrons. The molecular weight excluding hydrogens is 404 g/mol. The van der Waals surface area contributed by atoms with Crippen molar-refractivity contribution >= 4 is 5.91 Å². The van der Waals surface area contributed by atoms with Crippen LogP contribution in [-0.2, 0) is 13.1 Å². The molecule has 1 amide bonds. The van der Waals surface area contributed by atoms with Gasteiger partial charge in [-0.05, 0) is 35.7 Å². The van der Waals surface area contributed by atoms with E-state index in [1.54, 1.807) is 24.3 Å². The topological polar surface area (TPSA) is 86.0 Å². The maximum absolute atomic E-state index is 13.2. The van der Waals surface area contributed by atoms with Gasteiger partial charge >= 0.3 is 5.69 Å². The molecule has 1 N–H and O–H groups in total. The predicted octanol–water partition coefficient (Wildman–Crippen LogP) is 2.68. The minimum atomic E-state index is -0.726. The van der Waals surface area contributed by atoms with E-state index in [2.05, 4.69) is 10.4 Å². The van der Waals surface area contributed by atoms with Gasteiger partial charge in [0.1, 0.15) is 0 Å². The van der Waals surface area contributed by atoms with E-state index in [0.29, 0.717) is 5.69 Å². The van der Waals surface area contributed by atoms with Crippen molar-refractivity contribution in [3.8, 4) is 5.69 Å². The highest BCUT2D eigenvalue weighted by Crippen LogP contribution is 2.08. The fraction of sp³-hybridized carbons (Fsp3) is 0.120. The van der Waals surface area contributed by atoms with E-state index in [0.717, 1.165) is 25.9 Å². The first-order valence-electron chi connectivity index (χ1n) is 10.2. The van der Waals surface area contributed by atoms with Gasteiger partial charge in [-0.25, -0.2) is 4.79 Å². The molecule has 4 rings (SSSR count). The van der Waals surface area contributed by atoms with Gasteiger partial charge in [0.25, 0.3) is 11.5 Å². The Kier molecular flexibility index (Phi) is 6.07. The zero-order valence-corrected chi connectivity index (χ0v) is 17.6. The molecule has 0 fully saturated rings. The number of aryl methyl sites for hydroxylation is 1. The largest absolute Gasteiger partial charge is 0.352 e. The van der Waals surface area contributed by atoms with E-state index in [-0.39, 0.29) is 18.8 Å². The average Bonchev–Trinajstić information content (AvgIpc) is 2.82. The molecule has 3 aromatic carbocycles. The summed E-state index contributed by atoms with van der Waals surface area (Å²) in [7, 11) is 0. The Morgan fingerprint density at radius 3 is 2.19 bits per heavy atom. The van der Waals surface area contributed by atoms with E-state index in [9.17, 15) is 14.4 Å². The van der Waals surface area contributed by atoms with Crippen molar-refractivity contribution in [3.63, 3.8) is 0 Å². The van der Waals surface area contributed by atoms with Crippen LogP contribution in [0.4, 0.5) is 0 Å². The maximum atomic E-state index is 13.2. The van der Waals surface area contributed by atoms with E-state index in [4.69, 9.17) is 0 Å². The lowest BCUT2D eigenvalue weighted by atomic mass is 10.1. The Morgan fingerprint density at radius 2 is 1.50 bits per heavy atom. The monoisotopic (exact) mass is 426 g/mol. The molecule has 0 unspecified atom stereocenters. The predicted molar refractivity (Wildman–Crippen MR) is 122 cm³/mol. The quantitative estimate of drug-likeness (QED) is 0.514. The highest BCUT2D eigenvalue weighted by atomic mass is 16.2. The Bertz CT molecular complexity index is 1360. The van der Waals surface area contributed by atoms with Crippen LogP contribution in [0.25, 0.3) is 5.69 Å². The number of rotatable bonds is 6. The molecule has 0 aliphatic heterocycles. The Morgan fingerprint density at radius 1 is 0.875 bits per heavy atom. The third-order valence-electron chi connectivity index (χ3n) is 5.16. The van der Waals surface area contributed by atoms with Gasteiger partial charge in [0, 0.05) is 6.54 Å². The minimum absolute atomic E-state index is 0.0403. The summed E-state index contributed by atoms with van der Waals surface area (Å²) in [5.41, 5.74) is 1.44. The lowest BCUT2D eigenvalue weighted by molar-refractivity contribution is 0.0941. The lowest BCUT2D eigenvalue weighted by Gasteiger charge is -2.13. The molecular formula is C25H22N4O3. The van der Waals surface area contributed by atoms with Gasteiger partial charge in [0.15, 0.2) is 0 Å². The molecule has 7 heteroatoms. The van der Waals surface area contributed by atoms with Gasteiger partial charge in [-0.3, -0.25) is 14.2 Å². The van der Waals surface area contributed by atoms with Crippen molar-refractivity contribution in [2.75, 3.05) is 0 Å². The number of nitrogens with zero attached hydrogens (tertiary/aromatic N) is 3. The van der Waals surface area contributed by atoms with Crippen LogP contribution in [0.5, 0.6) is 0 Å². The third kappa shape index (κ3) is 4.41. The number of nitrogens with one attached hydrogen (secondary N) is 1. The second-order valence-electron chi connectivity index (χ2n) is 7.36. The maximum Gasteiger partial charge on any atom is 0.352 e. The highest BCUT2D eigenvalue weighted by molar-refractivity contribution is 5.91. The van der Waals surface area contributed by atoms with Crippen LogP contribution in [0, 0.1) is 6.92 Å². The van der Waals surface area contributed by atoms with Gasteiger partial charge in [-0.1, -0.05) is 72.8 Å². The fourth-order valence-electron chi connectivity index (χ4n) is 3.35. The van der Waals surface area contributed by atoms with Crippen LogP contribution in [0.1, 0.15) is 27.2 Å². The van der Waals surface area contributed by atoms with Crippen molar-refractivity contribution in [2.45, 2.75) is 20.0 Å². The summed E-state index contributed by atoms with van der Waals surface area (Å²) >= 11 is 0. The Hall–Kier alpha value is -4.26. The molecule has 1 aromatic heterocycles. The van der Waals surface area contributed by atoms with Gasteiger partial charge in [-0.2, -0.15) is 9.78 Å². The molecule has 0 aliphatic carbocycles. The van der Waals surface area contributed by atoms with E-state index >= 15 is 0 Å². The summed E-state index contributed by atoms with van der Waals surface area (Å²) in [6, 6.07) is 25.6. The Labute approximate surface area is 184 Å². The van der Waals surface area contributed by atoms with Gasteiger partial charge in [-0.15, -0.1) is 0 Å². The standard InChI is InChI=1S/C25H22N4O3/c1-18-10-8-9-13-20(18)17-28-24(31)22(23(30)26-16-19-11-4-2-5-12-19)27-29(25(28)32)21-14-6-3-7-15-21/h2-15H,16-17H2,1H3,(H,26,30). The second kappa shape index (κ2) is 9.26. The highest BCUT2D eigenvalue weighted by Gasteiger charge is 2.20. The normalized spacial score (nSPS) is 10.7. The molecule has 0 radical (unpaired) electrons. The summed E-state index contributed by atoms with van der Waals surface area (Å²) in [6.07, 6.45) is 0. The van der Waals surface area contributed by atoms with E-state index in [1.165, 1.54) is 0 Å². The minimum Gasteiger partial charge on any atom is -0.346 e. The van der Waals surface area contributed by atoms with Crippen molar-refractivity contribution in [1.29, 1.82) is 0 Å². The number of para-hydroxylation sites is 1. The van der Waals surface area contributed by atoms with Crippen LogP contribution in [0.3, 0.4) is 0 Å². The van der Waals surface area contributed by atoms with Crippen LogP contribution in [-0.4, -0.2) is 20.3 Å². The zero-order chi connectivity index (χ0) is 22.5. The third-order valence-corrected chi connectivity index (χ3v) is 5.16. The van der Waals surface area contributed by atoms with Crippen molar-refractivity contribution in [1.82, 2.24) is 19.7 Å². The van der Waals surface area contributed by atoms with Crippen molar-refractivity contribution < 1.29 is 4.79 Å². The van der Waals surface area contributed by atoms with Crippen LogP contribution < -0.4 is 16.6 Å². The van der Waals surface area contributed by atoms with Crippen LogP contribution in [0.2, 0.25) is 0 Å². The van der Waals surface area contributed by atoms with Crippen LogP contribution in [0.15, 0.2) is 94.5 Å². The number of hydrogen-bond donors (Lipinski definition) is 1.